The standard InChI is InChI=1S/C33H40FN5O2/c1-33(2,3)30(32(41)37-20-28-36-19-23-8-4-7-11-27(23)38-28)39-31(40)29-26-10-6-5-9-25(26)22(16-17-35-29)18-21-12-14-24(34)15-13-21/h5-6,9-10,12-15,22-23,30H,4,7-8,11,16-20H2,1-3H3,(H,37,41)(H,39,40)/t22?,23?,30-/m1/s1. The highest BCUT2D eigenvalue weighted by molar-refractivity contribution is 6.46. The van der Waals surface area contributed by atoms with Crippen molar-refractivity contribution in [2.45, 2.75) is 71.3 Å². The van der Waals surface area contributed by atoms with E-state index in [1.165, 1.54) is 24.3 Å². The Morgan fingerprint density at radius 1 is 1.02 bits per heavy atom. The molecule has 0 bridgehead atoms. The first-order valence-electron chi connectivity index (χ1n) is 14.8. The van der Waals surface area contributed by atoms with E-state index in [9.17, 15) is 14.0 Å². The molecule has 2 heterocycles. The summed E-state index contributed by atoms with van der Waals surface area (Å²) >= 11 is 0. The van der Waals surface area contributed by atoms with Crippen LogP contribution in [0, 0.1) is 17.2 Å². The summed E-state index contributed by atoms with van der Waals surface area (Å²) in [4.78, 5) is 41.2. The molecule has 216 valence electrons. The third-order valence-electron chi connectivity index (χ3n) is 8.31. The van der Waals surface area contributed by atoms with Gasteiger partial charge in [-0.2, -0.15) is 0 Å². The van der Waals surface area contributed by atoms with Gasteiger partial charge in [0.05, 0.1) is 6.54 Å². The second-order valence-corrected chi connectivity index (χ2v) is 12.4. The molecule has 2 aromatic rings. The highest BCUT2D eigenvalue weighted by atomic mass is 19.1. The van der Waals surface area contributed by atoms with Crippen molar-refractivity contribution in [3.05, 3.63) is 71.0 Å². The normalized spacial score (nSPS) is 21.2. The molecule has 7 nitrogen and oxygen atoms in total. The Morgan fingerprint density at radius 3 is 2.59 bits per heavy atom. The maximum atomic E-state index is 13.7. The van der Waals surface area contributed by atoms with Crippen LogP contribution >= 0.6 is 0 Å². The molecule has 5 rings (SSSR count). The monoisotopic (exact) mass is 557 g/mol. The maximum absolute atomic E-state index is 13.7. The van der Waals surface area contributed by atoms with Gasteiger partial charge in [-0.1, -0.05) is 63.6 Å². The van der Waals surface area contributed by atoms with E-state index in [-0.39, 0.29) is 30.1 Å². The zero-order chi connectivity index (χ0) is 29.0. The fraction of sp³-hybridized carbons (Fsp3) is 0.485. The van der Waals surface area contributed by atoms with Crippen LogP contribution in [-0.2, 0) is 16.0 Å². The molecular formula is C33H40FN5O2. The first-order valence-corrected chi connectivity index (χ1v) is 14.8. The van der Waals surface area contributed by atoms with E-state index in [0.717, 1.165) is 55.3 Å². The molecule has 2 aromatic carbocycles. The number of carbonyl (C=O) groups excluding carboxylic acids is 2. The molecule has 3 atom stereocenters. The Labute approximate surface area is 241 Å². The highest BCUT2D eigenvalue weighted by Crippen LogP contribution is 2.31. The maximum Gasteiger partial charge on any atom is 0.270 e. The van der Waals surface area contributed by atoms with Crippen LogP contribution in [0.5, 0.6) is 0 Å². The first kappa shape index (κ1) is 28.8. The number of hydrogen-bond acceptors (Lipinski definition) is 5. The van der Waals surface area contributed by atoms with Gasteiger partial charge in [0.2, 0.25) is 5.91 Å². The van der Waals surface area contributed by atoms with E-state index in [0.29, 0.717) is 24.0 Å². The molecule has 2 aliphatic heterocycles. The molecule has 41 heavy (non-hydrogen) atoms. The minimum Gasteiger partial charge on any atom is -0.347 e. The van der Waals surface area contributed by atoms with Crippen molar-refractivity contribution in [2.75, 3.05) is 19.6 Å². The van der Waals surface area contributed by atoms with Crippen molar-refractivity contribution >= 4 is 29.1 Å². The van der Waals surface area contributed by atoms with Crippen LogP contribution in [-0.4, -0.2) is 54.7 Å². The van der Waals surface area contributed by atoms with Crippen LogP contribution in [0.15, 0.2) is 63.5 Å². The Balaban J connectivity index is 1.29. The lowest BCUT2D eigenvalue weighted by Gasteiger charge is -2.31. The molecule has 2 N–H and O–H groups in total. The Bertz CT molecular complexity index is 1370. The fourth-order valence-electron chi connectivity index (χ4n) is 6.02. The van der Waals surface area contributed by atoms with Crippen LogP contribution in [0.2, 0.25) is 0 Å². The van der Waals surface area contributed by atoms with Gasteiger partial charge in [-0.15, -0.1) is 0 Å². The van der Waals surface area contributed by atoms with Crippen LogP contribution in [0.4, 0.5) is 4.39 Å². The largest absolute Gasteiger partial charge is 0.347 e. The second kappa shape index (κ2) is 12.5. The molecular weight excluding hydrogens is 517 g/mol. The molecule has 1 aliphatic carbocycles. The molecule has 2 amide bonds. The van der Waals surface area contributed by atoms with Crippen LogP contribution in [0.25, 0.3) is 0 Å². The van der Waals surface area contributed by atoms with Crippen LogP contribution in [0.1, 0.15) is 75.5 Å². The van der Waals surface area contributed by atoms with Gasteiger partial charge in [0, 0.05) is 30.3 Å². The summed E-state index contributed by atoms with van der Waals surface area (Å²) in [6.07, 6.45) is 6.02. The van der Waals surface area contributed by atoms with E-state index >= 15 is 0 Å². The fourth-order valence-corrected chi connectivity index (χ4v) is 6.02. The van der Waals surface area contributed by atoms with Crippen LogP contribution < -0.4 is 10.6 Å². The lowest BCUT2D eigenvalue weighted by Crippen LogP contribution is -2.55. The average molecular weight is 558 g/mol. The summed E-state index contributed by atoms with van der Waals surface area (Å²) in [6.45, 7) is 7.27. The third-order valence-corrected chi connectivity index (χ3v) is 8.31. The van der Waals surface area contributed by atoms with E-state index in [1.54, 1.807) is 0 Å². The highest BCUT2D eigenvalue weighted by Gasteiger charge is 2.35. The number of rotatable bonds is 7. The molecule has 0 saturated heterocycles. The summed E-state index contributed by atoms with van der Waals surface area (Å²) < 4.78 is 13.5. The van der Waals surface area contributed by atoms with Crippen molar-refractivity contribution in [3.8, 4) is 0 Å². The lowest BCUT2D eigenvalue weighted by molar-refractivity contribution is -0.129. The SMILES string of the molecule is CC(C)(C)[C@H](NC(=O)C1=NCCC(Cc2ccc(F)cc2)c2ccccc21)C(=O)NCC1=NCC2CCCCC2=N1. The van der Waals surface area contributed by atoms with Crippen molar-refractivity contribution < 1.29 is 14.0 Å². The van der Waals surface area contributed by atoms with Gasteiger partial charge >= 0.3 is 0 Å². The predicted octanol–water partition coefficient (Wildman–Crippen LogP) is 5.04. The van der Waals surface area contributed by atoms with Gasteiger partial charge in [-0.25, -0.2) is 9.38 Å². The van der Waals surface area contributed by atoms with Crippen molar-refractivity contribution in [2.24, 2.45) is 26.3 Å². The lowest BCUT2D eigenvalue weighted by atomic mass is 9.84. The van der Waals surface area contributed by atoms with E-state index in [1.807, 2.05) is 57.2 Å². The average Bonchev–Trinajstić information content (AvgIpc) is 3.14. The molecule has 8 heteroatoms. The van der Waals surface area contributed by atoms with E-state index in [4.69, 9.17) is 9.98 Å². The summed E-state index contributed by atoms with van der Waals surface area (Å²) in [6, 6.07) is 13.6. The summed E-state index contributed by atoms with van der Waals surface area (Å²) in [7, 11) is 0. The number of benzene rings is 2. The zero-order valence-electron chi connectivity index (χ0n) is 24.3. The third kappa shape index (κ3) is 6.97. The van der Waals surface area contributed by atoms with Gasteiger partial charge in [0.1, 0.15) is 23.4 Å². The summed E-state index contributed by atoms with van der Waals surface area (Å²) in [5.41, 5.74) is 3.86. The number of hydrogen-bond donors (Lipinski definition) is 2. The van der Waals surface area contributed by atoms with Gasteiger partial charge in [-0.05, 0) is 66.7 Å². The van der Waals surface area contributed by atoms with Crippen molar-refractivity contribution in [1.82, 2.24) is 10.6 Å². The summed E-state index contributed by atoms with van der Waals surface area (Å²) in [5, 5.41) is 5.97. The number of nitrogens with one attached hydrogen (secondary N) is 2. The topological polar surface area (TPSA) is 95.3 Å². The number of aliphatic imine (C=N–C) groups is 3. The predicted molar refractivity (Wildman–Crippen MR) is 161 cm³/mol. The summed E-state index contributed by atoms with van der Waals surface area (Å²) in [5.74, 6) is 0.344. The number of fused-ring (bicyclic) bond motifs is 2. The van der Waals surface area contributed by atoms with Gasteiger partial charge in [0.25, 0.3) is 5.91 Å². The molecule has 2 unspecified atom stereocenters. The number of amides is 2. The van der Waals surface area contributed by atoms with Crippen LogP contribution in [0.3, 0.4) is 0 Å². The number of halogens is 1. The Kier molecular flexibility index (Phi) is 8.76. The molecule has 1 fully saturated rings. The van der Waals surface area contributed by atoms with Crippen molar-refractivity contribution in [3.63, 3.8) is 0 Å². The van der Waals surface area contributed by atoms with Gasteiger partial charge in [0.15, 0.2) is 0 Å². The first-order chi connectivity index (χ1) is 19.7. The van der Waals surface area contributed by atoms with Gasteiger partial charge in [-0.3, -0.25) is 19.6 Å². The molecule has 0 radical (unpaired) electrons. The minimum atomic E-state index is -0.776. The smallest absolute Gasteiger partial charge is 0.270 e. The van der Waals surface area contributed by atoms with E-state index < -0.39 is 11.5 Å². The minimum absolute atomic E-state index is 0.133. The number of carbonyl (C=O) groups is 2. The molecule has 3 aliphatic rings. The molecule has 0 spiro atoms. The molecule has 1 saturated carbocycles. The second-order valence-electron chi connectivity index (χ2n) is 12.4. The van der Waals surface area contributed by atoms with Crippen molar-refractivity contribution in [1.29, 1.82) is 0 Å². The zero-order valence-corrected chi connectivity index (χ0v) is 24.3. The Hall–Kier alpha value is -3.68. The molecule has 0 aromatic heterocycles. The Morgan fingerprint density at radius 2 is 1.80 bits per heavy atom. The van der Waals surface area contributed by atoms with Gasteiger partial charge < -0.3 is 10.6 Å². The van der Waals surface area contributed by atoms with E-state index in [2.05, 4.69) is 15.6 Å². The quantitative estimate of drug-likeness (QED) is 0.499. The number of amidine groups is 1. The number of nitrogens with zero attached hydrogens (tertiary/aromatic N) is 3.